The fourth-order valence-corrected chi connectivity index (χ4v) is 13.8. The second-order valence-electron chi connectivity index (χ2n) is 23.7. The molecule has 0 radical (unpaired) electrons. The highest BCUT2D eigenvalue weighted by Crippen LogP contribution is 2.56. The van der Waals surface area contributed by atoms with E-state index < -0.39 is 0 Å². The number of nitrogens with zero attached hydrogens (tertiary/aromatic N) is 2. The van der Waals surface area contributed by atoms with Crippen LogP contribution in [0.15, 0.2) is 215 Å². The average Bonchev–Trinajstić information content (AvgIpc) is 4.21. The fraction of sp³-hybridized carbons (Fsp3) is 0.162. The van der Waals surface area contributed by atoms with E-state index in [1.165, 1.54) is 67.0 Å². The van der Waals surface area contributed by atoms with E-state index in [2.05, 4.69) is 271 Å². The molecule has 0 atom stereocenters. The SMILES string of the molecule is CC(C)c1ccc(N(c2ccc3cc4c(cc3c2)oc2ccc3oc5cc6cc(N(c7ccc(C(C)C)cc7)c7cccc8c7C(C)(C)c7ccccc7-8)ccc6cc5c3c24)c2cccc3c2C(C)(C)c2ccccc2-3)cc1. The lowest BCUT2D eigenvalue weighted by Crippen LogP contribution is -2.20. The second kappa shape index (κ2) is 16.8. The second-order valence-corrected chi connectivity index (χ2v) is 23.7. The molecule has 0 fully saturated rings. The predicted octanol–water partition coefficient (Wildman–Crippen LogP) is 21.6. The molecule has 4 nitrogen and oxygen atoms in total. The number of benzene rings is 11. The van der Waals surface area contributed by atoms with Crippen molar-refractivity contribution in [2.24, 2.45) is 0 Å². The Morgan fingerprint density at radius 3 is 1.13 bits per heavy atom. The first kappa shape index (κ1) is 46.4. The van der Waals surface area contributed by atoms with Crippen molar-refractivity contribution in [2.45, 2.75) is 78.1 Å². The summed E-state index contributed by atoms with van der Waals surface area (Å²) in [5.41, 5.74) is 23.2. The van der Waals surface area contributed by atoms with Crippen LogP contribution < -0.4 is 9.80 Å². The number of hydrogen-bond donors (Lipinski definition) is 0. The van der Waals surface area contributed by atoms with Gasteiger partial charge in [-0.15, -0.1) is 0 Å². The lowest BCUT2D eigenvalue weighted by atomic mass is 9.81. The van der Waals surface area contributed by atoms with Crippen LogP contribution in [0.5, 0.6) is 0 Å². The van der Waals surface area contributed by atoms with Gasteiger partial charge in [-0.1, -0.05) is 165 Å². The average molecular weight is 1010 g/mol. The van der Waals surface area contributed by atoms with Crippen LogP contribution >= 0.6 is 0 Å². The molecule has 13 aromatic rings. The van der Waals surface area contributed by atoms with Gasteiger partial charge in [-0.2, -0.15) is 0 Å². The highest BCUT2D eigenvalue weighted by atomic mass is 16.3. The molecule has 378 valence electrons. The van der Waals surface area contributed by atoms with Crippen molar-refractivity contribution in [3.05, 3.63) is 240 Å². The summed E-state index contributed by atoms with van der Waals surface area (Å²) in [4.78, 5) is 4.92. The zero-order valence-corrected chi connectivity index (χ0v) is 45.5. The summed E-state index contributed by atoms with van der Waals surface area (Å²) >= 11 is 0. The Kier molecular flexibility index (Phi) is 10.0. The fourth-order valence-electron chi connectivity index (χ4n) is 13.8. The summed E-state index contributed by atoms with van der Waals surface area (Å²) in [6.45, 7) is 18.5. The third-order valence-electron chi connectivity index (χ3n) is 17.7. The molecule has 0 spiro atoms. The molecular weight excluding hydrogens is 949 g/mol. The molecule has 11 aromatic carbocycles. The standard InChI is InChI=1S/C74H60N2O2/c1-43(2)45-23-29-51(30-24-45)75(63-21-13-17-57-55-15-9-11-19-61(55)73(5,6)71(57)63)53-33-27-47-39-59-67(41-49(47)37-53)77-65-35-36-66-70(69(59)65)60-40-48-28-34-54(38-50(48)42-68(60)78-66)76(52-31-25-46(26-32-52)44(3)4)64-22-14-18-58-56-16-10-12-20-62(56)74(7,8)72(58)64/h9-44H,1-8H3. The maximum atomic E-state index is 6.86. The maximum absolute atomic E-state index is 6.86. The Bertz CT molecular complexity index is 4330. The first-order valence-electron chi connectivity index (χ1n) is 27.8. The van der Waals surface area contributed by atoms with E-state index in [1.807, 2.05) is 0 Å². The molecule has 0 aliphatic heterocycles. The summed E-state index contributed by atoms with van der Waals surface area (Å²) in [5.74, 6) is 0.874. The van der Waals surface area contributed by atoms with Gasteiger partial charge in [0, 0.05) is 55.1 Å². The van der Waals surface area contributed by atoms with E-state index in [4.69, 9.17) is 8.83 Å². The zero-order valence-electron chi connectivity index (χ0n) is 45.5. The number of hydrogen-bond acceptors (Lipinski definition) is 4. The first-order valence-corrected chi connectivity index (χ1v) is 27.8. The highest BCUT2D eigenvalue weighted by molar-refractivity contribution is 6.28. The summed E-state index contributed by atoms with van der Waals surface area (Å²) in [5, 5.41) is 8.85. The summed E-state index contributed by atoms with van der Waals surface area (Å²) in [6, 6.07) is 76.8. The summed E-state index contributed by atoms with van der Waals surface area (Å²) in [6.07, 6.45) is 0. The van der Waals surface area contributed by atoms with E-state index in [0.717, 1.165) is 88.2 Å². The predicted molar refractivity (Wildman–Crippen MR) is 329 cm³/mol. The number of rotatable bonds is 8. The van der Waals surface area contributed by atoms with Crippen LogP contribution in [0.2, 0.25) is 0 Å². The summed E-state index contributed by atoms with van der Waals surface area (Å²) in [7, 11) is 0. The first-order chi connectivity index (χ1) is 37.8. The number of furan rings is 2. The lowest BCUT2D eigenvalue weighted by Gasteiger charge is -2.32. The topological polar surface area (TPSA) is 32.8 Å². The van der Waals surface area contributed by atoms with Gasteiger partial charge in [0.1, 0.15) is 22.3 Å². The van der Waals surface area contributed by atoms with Crippen molar-refractivity contribution in [3.63, 3.8) is 0 Å². The van der Waals surface area contributed by atoms with E-state index in [0.29, 0.717) is 11.8 Å². The van der Waals surface area contributed by atoms with Crippen molar-refractivity contribution >= 4 is 99.5 Å². The highest BCUT2D eigenvalue weighted by Gasteiger charge is 2.40. The van der Waals surface area contributed by atoms with Gasteiger partial charge in [0.15, 0.2) is 0 Å². The van der Waals surface area contributed by atoms with Crippen molar-refractivity contribution in [2.75, 3.05) is 9.80 Å². The van der Waals surface area contributed by atoms with Crippen molar-refractivity contribution < 1.29 is 8.83 Å². The van der Waals surface area contributed by atoms with Gasteiger partial charge in [-0.25, -0.2) is 0 Å². The molecular formula is C74H60N2O2. The Balaban J connectivity index is 0.857. The number of fused-ring (bicyclic) bond motifs is 15. The molecule has 2 aliphatic rings. The Hall–Kier alpha value is -8.86. The zero-order chi connectivity index (χ0) is 52.9. The molecule has 2 aliphatic carbocycles. The minimum Gasteiger partial charge on any atom is -0.456 e. The molecule has 2 heterocycles. The Morgan fingerprint density at radius 2 is 0.718 bits per heavy atom. The molecule has 2 aromatic heterocycles. The van der Waals surface area contributed by atoms with Crippen molar-refractivity contribution in [1.29, 1.82) is 0 Å². The Morgan fingerprint density at radius 1 is 0.333 bits per heavy atom. The van der Waals surface area contributed by atoms with Crippen LogP contribution in [0, 0.1) is 0 Å². The van der Waals surface area contributed by atoms with E-state index in [-0.39, 0.29) is 10.8 Å². The molecule has 0 bridgehead atoms. The molecule has 0 unspecified atom stereocenters. The van der Waals surface area contributed by atoms with Crippen LogP contribution in [0.25, 0.3) is 87.7 Å². The smallest absolute Gasteiger partial charge is 0.136 e. The normalized spacial score (nSPS) is 14.1. The van der Waals surface area contributed by atoms with Crippen LogP contribution in [0.4, 0.5) is 34.1 Å². The minimum absolute atomic E-state index is 0.191. The molecule has 0 N–H and O–H groups in total. The molecule has 0 saturated heterocycles. The van der Waals surface area contributed by atoms with Gasteiger partial charge < -0.3 is 18.6 Å². The van der Waals surface area contributed by atoms with Crippen LogP contribution in [0.3, 0.4) is 0 Å². The van der Waals surface area contributed by atoms with E-state index in [1.54, 1.807) is 0 Å². The lowest BCUT2D eigenvalue weighted by molar-refractivity contribution is 0.660. The van der Waals surface area contributed by atoms with Gasteiger partial charge in [-0.05, 0) is 186 Å². The van der Waals surface area contributed by atoms with Gasteiger partial charge in [0.2, 0.25) is 0 Å². The largest absolute Gasteiger partial charge is 0.456 e. The number of anilines is 6. The molecule has 0 saturated carbocycles. The maximum Gasteiger partial charge on any atom is 0.136 e. The Labute approximate surface area is 455 Å². The quantitative estimate of drug-likeness (QED) is 0.152. The van der Waals surface area contributed by atoms with E-state index >= 15 is 0 Å². The third kappa shape index (κ3) is 6.78. The van der Waals surface area contributed by atoms with Crippen LogP contribution in [0.1, 0.15) is 101 Å². The monoisotopic (exact) mass is 1010 g/mol. The molecule has 15 rings (SSSR count). The van der Waals surface area contributed by atoms with Gasteiger partial charge in [-0.3, -0.25) is 0 Å². The summed E-state index contributed by atoms with van der Waals surface area (Å²) < 4.78 is 13.7. The minimum atomic E-state index is -0.191. The molecule has 78 heavy (non-hydrogen) atoms. The van der Waals surface area contributed by atoms with Crippen LogP contribution in [-0.2, 0) is 10.8 Å². The molecule has 4 heteroatoms. The van der Waals surface area contributed by atoms with Gasteiger partial charge in [0.05, 0.1) is 11.4 Å². The van der Waals surface area contributed by atoms with Gasteiger partial charge in [0.25, 0.3) is 0 Å². The van der Waals surface area contributed by atoms with Gasteiger partial charge >= 0.3 is 0 Å². The van der Waals surface area contributed by atoms with Crippen molar-refractivity contribution in [3.8, 4) is 22.3 Å². The molecule has 0 amide bonds. The van der Waals surface area contributed by atoms with Crippen LogP contribution in [-0.4, -0.2) is 0 Å². The van der Waals surface area contributed by atoms with Crippen molar-refractivity contribution in [1.82, 2.24) is 0 Å². The third-order valence-corrected chi connectivity index (χ3v) is 17.7. The van der Waals surface area contributed by atoms with E-state index in [9.17, 15) is 0 Å².